The lowest BCUT2D eigenvalue weighted by atomic mass is 10.1. The zero-order chi connectivity index (χ0) is 25.7. The number of carbonyl (C=O) groups is 2. The van der Waals surface area contributed by atoms with E-state index >= 15 is 0 Å². The first-order valence-corrected chi connectivity index (χ1v) is 14.0. The maximum absolute atomic E-state index is 12.0. The van der Waals surface area contributed by atoms with Crippen LogP contribution in [-0.4, -0.2) is 65.7 Å². The van der Waals surface area contributed by atoms with Gasteiger partial charge in [0.1, 0.15) is 12.7 Å². The molecule has 0 rings (SSSR count). The Morgan fingerprint density at radius 3 is 1.88 bits per heavy atom. The van der Waals surface area contributed by atoms with E-state index in [1.54, 1.807) is 0 Å². The second-order valence-corrected chi connectivity index (χ2v) is 9.83. The molecule has 3 N–H and O–H groups in total. The Morgan fingerprint density at radius 1 is 0.765 bits per heavy atom. The quantitative estimate of drug-likeness (QED) is 0.104. The van der Waals surface area contributed by atoms with E-state index in [0.717, 1.165) is 25.7 Å². The highest BCUT2D eigenvalue weighted by atomic mass is 31.2. The van der Waals surface area contributed by atoms with Gasteiger partial charge in [-0.2, -0.15) is 0 Å². The molecule has 0 aromatic carbocycles. The maximum atomic E-state index is 12.0. The summed E-state index contributed by atoms with van der Waals surface area (Å²) in [6, 6.07) is 0. The zero-order valence-corrected chi connectivity index (χ0v) is 21.7. The predicted octanol–water partition coefficient (Wildman–Crippen LogP) is 4.04. The van der Waals surface area contributed by atoms with Crippen molar-refractivity contribution in [1.82, 2.24) is 0 Å². The fraction of sp³-hybridized carbons (Fsp3) is 0.913. The number of aliphatic hydroxyl groups is 2. The molecule has 10 nitrogen and oxygen atoms in total. The van der Waals surface area contributed by atoms with E-state index in [9.17, 15) is 24.2 Å². The lowest BCUT2D eigenvalue weighted by Gasteiger charge is -2.20. The number of rotatable bonds is 23. The fourth-order valence-corrected chi connectivity index (χ4v) is 3.76. The molecule has 0 radical (unpaired) electrons. The van der Waals surface area contributed by atoms with Crippen LogP contribution in [0.4, 0.5) is 0 Å². The smallest absolute Gasteiger partial charge is 0.462 e. The Labute approximate surface area is 203 Å². The summed E-state index contributed by atoms with van der Waals surface area (Å²) in [6.07, 6.45) is 9.52. The second kappa shape index (κ2) is 21.3. The Morgan fingerprint density at radius 2 is 1.29 bits per heavy atom. The Kier molecular flexibility index (Phi) is 20.6. The van der Waals surface area contributed by atoms with Crippen LogP contribution in [-0.2, 0) is 32.7 Å². The van der Waals surface area contributed by atoms with Gasteiger partial charge in [0.05, 0.1) is 19.8 Å². The first-order chi connectivity index (χ1) is 16.2. The number of ether oxygens (including phenoxy) is 2. The van der Waals surface area contributed by atoms with E-state index in [4.69, 9.17) is 19.1 Å². The molecular formula is C23H45O10P. The van der Waals surface area contributed by atoms with Gasteiger partial charge in [-0.05, 0) is 12.8 Å². The topological polar surface area (TPSA) is 149 Å². The minimum Gasteiger partial charge on any atom is -0.462 e. The molecule has 0 saturated heterocycles. The average molecular weight is 513 g/mol. The van der Waals surface area contributed by atoms with Gasteiger partial charge in [0.2, 0.25) is 0 Å². The molecule has 0 aliphatic carbocycles. The summed E-state index contributed by atoms with van der Waals surface area (Å²) in [4.78, 5) is 33.7. The number of carbonyl (C=O) groups excluding carboxylic acids is 2. The molecule has 0 aliphatic heterocycles. The van der Waals surface area contributed by atoms with Crippen molar-refractivity contribution in [2.24, 2.45) is 0 Å². The highest BCUT2D eigenvalue weighted by molar-refractivity contribution is 7.47. The van der Waals surface area contributed by atoms with Gasteiger partial charge in [-0.1, -0.05) is 71.6 Å². The van der Waals surface area contributed by atoms with Gasteiger partial charge >= 0.3 is 19.8 Å². The molecule has 1 unspecified atom stereocenters. The van der Waals surface area contributed by atoms with Crippen LogP contribution in [0.2, 0.25) is 0 Å². The number of phosphoric acid groups is 1. The maximum Gasteiger partial charge on any atom is 0.472 e. The minimum absolute atomic E-state index is 0.162. The van der Waals surface area contributed by atoms with E-state index < -0.39 is 51.8 Å². The Balaban J connectivity index is 4.36. The molecule has 11 heteroatoms. The SMILES string of the molecule is CCCCCCCCCCCC(=O)OC[C@H](COP(=O)(O)OC[C@@H](O)CO)OC(=O)CCCC. The van der Waals surface area contributed by atoms with Crippen LogP contribution in [0.1, 0.15) is 97.3 Å². The van der Waals surface area contributed by atoms with Crippen LogP contribution in [0.5, 0.6) is 0 Å². The molecule has 0 aliphatic rings. The third-order valence-corrected chi connectivity index (χ3v) is 5.96. The number of unbranched alkanes of at least 4 members (excludes halogenated alkanes) is 9. The van der Waals surface area contributed by atoms with E-state index in [2.05, 4.69) is 11.4 Å². The number of phosphoric ester groups is 1. The van der Waals surface area contributed by atoms with Crippen LogP contribution < -0.4 is 0 Å². The lowest BCUT2D eigenvalue weighted by Crippen LogP contribution is -2.29. The second-order valence-electron chi connectivity index (χ2n) is 8.37. The summed E-state index contributed by atoms with van der Waals surface area (Å²) in [5.74, 6) is -0.970. The van der Waals surface area contributed by atoms with Gasteiger partial charge in [-0.25, -0.2) is 4.57 Å². The van der Waals surface area contributed by atoms with E-state index in [1.165, 1.54) is 32.1 Å². The predicted molar refractivity (Wildman–Crippen MR) is 127 cm³/mol. The number of aliphatic hydroxyl groups excluding tert-OH is 2. The van der Waals surface area contributed by atoms with Crippen LogP contribution in [0, 0.1) is 0 Å². The number of hydrogen-bond donors (Lipinski definition) is 3. The van der Waals surface area contributed by atoms with Crippen molar-refractivity contribution in [1.29, 1.82) is 0 Å². The van der Waals surface area contributed by atoms with Gasteiger partial charge in [-0.3, -0.25) is 18.6 Å². The molecule has 0 fully saturated rings. The Bertz CT molecular complexity index is 572. The lowest BCUT2D eigenvalue weighted by molar-refractivity contribution is -0.161. The molecule has 0 amide bonds. The van der Waals surface area contributed by atoms with Crippen molar-refractivity contribution in [2.75, 3.05) is 26.4 Å². The molecule has 0 heterocycles. The molecule has 0 spiro atoms. The normalized spacial score (nSPS) is 14.9. The van der Waals surface area contributed by atoms with Crippen molar-refractivity contribution >= 4 is 19.8 Å². The molecule has 0 aromatic rings. The number of esters is 2. The first kappa shape index (κ1) is 33.0. The zero-order valence-electron chi connectivity index (χ0n) is 20.8. The van der Waals surface area contributed by atoms with Crippen LogP contribution in [0.15, 0.2) is 0 Å². The van der Waals surface area contributed by atoms with E-state index in [0.29, 0.717) is 12.8 Å². The van der Waals surface area contributed by atoms with Crippen molar-refractivity contribution in [3.05, 3.63) is 0 Å². The van der Waals surface area contributed by atoms with Gasteiger partial charge in [-0.15, -0.1) is 0 Å². The fourth-order valence-electron chi connectivity index (χ4n) is 2.97. The standard InChI is InChI=1S/C23H45O10P/c1-3-5-7-8-9-10-11-12-13-15-22(26)30-18-21(33-23(27)14-6-4-2)19-32-34(28,29)31-17-20(25)16-24/h20-21,24-25H,3-19H2,1-2H3,(H,28,29)/t20-,21+/m0/s1. The summed E-state index contributed by atoms with van der Waals surface area (Å²) in [5, 5.41) is 18.0. The molecule has 3 atom stereocenters. The minimum atomic E-state index is -4.57. The van der Waals surface area contributed by atoms with Crippen LogP contribution in [0.25, 0.3) is 0 Å². The van der Waals surface area contributed by atoms with Gasteiger partial charge < -0.3 is 24.6 Å². The van der Waals surface area contributed by atoms with E-state index in [-0.39, 0.29) is 19.4 Å². The van der Waals surface area contributed by atoms with Crippen molar-refractivity contribution in [2.45, 2.75) is 110 Å². The Hall–Kier alpha value is -1.03. The molecule has 0 saturated carbocycles. The van der Waals surface area contributed by atoms with Crippen molar-refractivity contribution < 1.29 is 47.8 Å². The first-order valence-electron chi connectivity index (χ1n) is 12.5. The number of hydrogen-bond acceptors (Lipinski definition) is 9. The van der Waals surface area contributed by atoms with Gasteiger partial charge in [0.15, 0.2) is 6.10 Å². The van der Waals surface area contributed by atoms with Crippen molar-refractivity contribution in [3.8, 4) is 0 Å². The summed E-state index contributed by atoms with van der Waals surface area (Å²) in [7, 11) is -4.57. The van der Waals surface area contributed by atoms with Crippen LogP contribution >= 0.6 is 7.82 Å². The summed E-state index contributed by atoms with van der Waals surface area (Å²) < 4.78 is 31.7. The highest BCUT2D eigenvalue weighted by Crippen LogP contribution is 2.43. The van der Waals surface area contributed by atoms with E-state index in [1.807, 2.05) is 6.92 Å². The average Bonchev–Trinajstić information content (AvgIpc) is 2.81. The molecule has 0 bridgehead atoms. The third-order valence-electron chi connectivity index (χ3n) is 5.01. The molecule has 0 aromatic heterocycles. The van der Waals surface area contributed by atoms with Crippen LogP contribution in [0.3, 0.4) is 0 Å². The summed E-state index contributed by atoms with van der Waals surface area (Å²) in [5.41, 5.74) is 0. The largest absolute Gasteiger partial charge is 0.472 e. The molecular weight excluding hydrogens is 467 g/mol. The van der Waals surface area contributed by atoms with Crippen molar-refractivity contribution in [3.63, 3.8) is 0 Å². The third kappa shape index (κ3) is 20.4. The molecule has 34 heavy (non-hydrogen) atoms. The summed E-state index contributed by atoms with van der Waals surface area (Å²) in [6.45, 7) is 2.00. The highest BCUT2D eigenvalue weighted by Gasteiger charge is 2.27. The summed E-state index contributed by atoms with van der Waals surface area (Å²) >= 11 is 0. The molecule has 202 valence electrons. The monoisotopic (exact) mass is 512 g/mol. The van der Waals surface area contributed by atoms with Gasteiger partial charge in [0, 0.05) is 12.8 Å². The van der Waals surface area contributed by atoms with Gasteiger partial charge in [0.25, 0.3) is 0 Å².